The van der Waals surface area contributed by atoms with Crippen LogP contribution in [0.25, 0.3) is 0 Å². The van der Waals surface area contributed by atoms with E-state index in [4.69, 9.17) is 0 Å². The van der Waals surface area contributed by atoms with Gasteiger partial charge >= 0.3 is 0 Å². The number of fused-ring (bicyclic) bond motifs is 1. The number of hydrazone groups is 1. The van der Waals surface area contributed by atoms with Crippen molar-refractivity contribution in [2.75, 3.05) is 18.0 Å². The van der Waals surface area contributed by atoms with Crippen LogP contribution in [-0.4, -0.2) is 30.1 Å². The number of nitro benzene ring substituents is 1. The Morgan fingerprint density at radius 1 is 1.18 bits per heavy atom. The third-order valence-electron chi connectivity index (χ3n) is 5.24. The number of aryl methyl sites for hydroxylation is 2. The maximum Gasteiger partial charge on any atom is 0.293 e. The Balaban J connectivity index is 1.45. The van der Waals surface area contributed by atoms with Crippen LogP contribution in [0, 0.1) is 10.1 Å². The maximum absolute atomic E-state index is 12.3. The number of hydrogen-bond donors (Lipinski definition) is 1. The molecule has 0 spiro atoms. The summed E-state index contributed by atoms with van der Waals surface area (Å²) < 4.78 is 0. The SMILES string of the molecule is O=C(N/N=C\c1ccc(N2CCCC2)c([N+](=O)[O-])c1)c1cc2c(s1)CCCC2. The zero-order valence-electron chi connectivity index (χ0n) is 15.5. The fraction of sp³-hybridized carbons (Fsp3) is 0.400. The summed E-state index contributed by atoms with van der Waals surface area (Å²) >= 11 is 1.53. The number of carbonyl (C=O) groups excluding carboxylic acids is 1. The third-order valence-corrected chi connectivity index (χ3v) is 6.48. The van der Waals surface area contributed by atoms with E-state index in [0.717, 1.165) is 38.8 Å². The lowest BCUT2D eigenvalue weighted by Crippen LogP contribution is -2.19. The molecule has 7 nitrogen and oxygen atoms in total. The summed E-state index contributed by atoms with van der Waals surface area (Å²) in [5, 5.41) is 15.5. The standard InChI is InChI=1S/C20H22N4O3S/c25-20(19-12-15-5-1-2-6-18(15)28-19)22-21-13-14-7-8-16(17(11-14)24(26)27)23-9-3-4-10-23/h7-8,11-13H,1-6,9-10H2,(H,22,25)/b21-13-. The lowest BCUT2D eigenvalue weighted by atomic mass is 9.99. The molecule has 2 heterocycles. The average molecular weight is 398 g/mol. The number of nitrogens with one attached hydrogen (secondary N) is 1. The van der Waals surface area contributed by atoms with Crippen molar-refractivity contribution in [3.8, 4) is 0 Å². The quantitative estimate of drug-likeness (QED) is 0.470. The molecule has 1 aliphatic heterocycles. The second-order valence-corrected chi connectivity index (χ2v) is 8.30. The topological polar surface area (TPSA) is 87.8 Å². The van der Waals surface area contributed by atoms with Gasteiger partial charge in [-0.05, 0) is 56.2 Å². The van der Waals surface area contributed by atoms with E-state index in [0.29, 0.717) is 16.1 Å². The average Bonchev–Trinajstić information content (AvgIpc) is 3.37. The van der Waals surface area contributed by atoms with Crippen molar-refractivity contribution < 1.29 is 9.72 Å². The molecule has 28 heavy (non-hydrogen) atoms. The second kappa shape index (κ2) is 8.10. The third kappa shape index (κ3) is 3.91. The minimum Gasteiger partial charge on any atom is -0.366 e. The molecule has 2 aliphatic rings. The first-order valence-corrected chi connectivity index (χ1v) is 10.4. The van der Waals surface area contributed by atoms with Crippen molar-refractivity contribution in [2.45, 2.75) is 38.5 Å². The maximum atomic E-state index is 12.3. The summed E-state index contributed by atoms with van der Waals surface area (Å²) in [5.74, 6) is -0.237. The number of benzene rings is 1. The van der Waals surface area contributed by atoms with Crippen molar-refractivity contribution in [1.82, 2.24) is 5.43 Å². The number of nitrogens with zero attached hydrogens (tertiary/aromatic N) is 3. The molecule has 1 saturated heterocycles. The molecule has 0 unspecified atom stereocenters. The minimum atomic E-state index is -0.361. The van der Waals surface area contributed by atoms with Crippen LogP contribution in [-0.2, 0) is 12.8 Å². The van der Waals surface area contributed by atoms with Crippen molar-refractivity contribution >= 4 is 34.8 Å². The van der Waals surface area contributed by atoms with Gasteiger partial charge in [-0.25, -0.2) is 5.43 Å². The van der Waals surface area contributed by atoms with E-state index >= 15 is 0 Å². The Labute approximate surface area is 167 Å². The van der Waals surface area contributed by atoms with E-state index < -0.39 is 0 Å². The normalized spacial score (nSPS) is 16.4. The van der Waals surface area contributed by atoms with Gasteiger partial charge in [0.2, 0.25) is 0 Å². The number of carbonyl (C=O) groups is 1. The summed E-state index contributed by atoms with van der Waals surface area (Å²) in [6, 6.07) is 7.02. The summed E-state index contributed by atoms with van der Waals surface area (Å²) in [4.78, 5) is 27.4. The van der Waals surface area contributed by atoms with Crippen LogP contribution in [0.1, 0.15) is 51.4 Å². The molecule has 1 aromatic heterocycles. The van der Waals surface area contributed by atoms with Gasteiger partial charge in [0.25, 0.3) is 11.6 Å². The Morgan fingerprint density at radius 2 is 1.96 bits per heavy atom. The Morgan fingerprint density at radius 3 is 2.71 bits per heavy atom. The molecule has 2 aromatic rings. The van der Waals surface area contributed by atoms with Gasteiger partial charge in [-0.2, -0.15) is 5.10 Å². The summed E-state index contributed by atoms with van der Waals surface area (Å²) in [6.07, 6.45) is 8.00. The molecule has 4 rings (SSSR count). The van der Waals surface area contributed by atoms with Crippen LogP contribution in [0.2, 0.25) is 0 Å². The Bertz CT molecular complexity index is 908. The van der Waals surface area contributed by atoms with Crippen LogP contribution >= 0.6 is 11.3 Å². The predicted octanol–water partition coefficient (Wildman–Crippen LogP) is 3.90. The fourth-order valence-electron chi connectivity index (χ4n) is 3.82. The number of amides is 1. The highest BCUT2D eigenvalue weighted by molar-refractivity contribution is 7.14. The molecule has 0 atom stereocenters. The number of hydrogen-bond acceptors (Lipinski definition) is 6. The van der Waals surface area contributed by atoms with Crippen LogP contribution in [0.15, 0.2) is 29.4 Å². The number of thiophene rings is 1. The smallest absolute Gasteiger partial charge is 0.293 e. The van der Waals surface area contributed by atoms with E-state index in [1.54, 1.807) is 12.1 Å². The van der Waals surface area contributed by atoms with Crippen LogP contribution in [0.5, 0.6) is 0 Å². The number of rotatable bonds is 5. The van der Waals surface area contributed by atoms with Crippen LogP contribution < -0.4 is 10.3 Å². The molecular weight excluding hydrogens is 376 g/mol. The highest BCUT2D eigenvalue weighted by Gasteiger charge is 2.22. The lowest BCUT2D eigenvalue weighted by Gasteiger charge is -2.17. The molecule has 0 saturated carbocycles. The van der Waals surface area contributed by atoms with E-state index in [1.807, 2.05) is 11.0 Å². The lowest BCUT2D eigenvalue weighted by molar-refractivity contribution is -0.384. The second-order valence-electron chi connectivity index (χ2n) is 7.16. The molecule has 8 heteroatoms. The van der Waals surface area contributed by atoms with Gasteiger partial charge in [-0.3, -0.25) is 14.9 Å². The molecule has 0 bridgehead atoms. The Hall–Kier alpha value is -2.74. The molecular formula is C20H22N4O3S. The van der Waals surface area contributed by atoms with Gasteiger partial charge in [0.05, 0.1) is 16.0 Å². The van der Waals surface area contributed by atoms with Gasteiger partial charge in [0, 0.05) is 29.6 Å². The molecule has 1 N–H and O–H groups in total. The molecule has 1 aromatic carbocycles. The van der Waals surface area contributed by atoms with Gasteiger partial charge < -0.3 is 4.90 Å². The molecule has 1 fully saturated rings. The van der Waals surface area contributed by atoms with Crippen molar-refractivity contribution in [3.63, 3.8) is 0 Å². The molecule has 1 amide bonds. The van der Waals surface area contributed by atoms with Gasteiger partial charge in [0.1, 0.15) is 5.69 Å². The molecule has 1 aliphatic carbocycles. The van der Waals surface area contributed by atoms with Crippen molar-refractivity contribution in [1.29, 1.82) is 0 Å². The molecule has 0 radical (unpaired) electrons. The highest BCUT2D eigenvalue weighted by Crippen LogP contribution is 2.31. The first kappa shape index (κ1) is 18.6. The molecule has 146 valence electrons. The van der Waals surface area contributed by atoms with Crippen LogP contribution in [0.3, 0.4) is 0 Å². The number of nitro groups is 1. The first-order chi connectivity index (χ1) is 13.6. The Kier molecular flexibility index (Phi) is 5.38. The summed E-state index contributed by atoms with van der Waals surface area (Å²) in [7, 11) is 0. The monoisotopic (exact) mass is 398 g/mol. The van der Waals surface area contributed by atoms with E-state index in [-0.39, 0.29) is 16.5 Å². The van der Waals surface area contributed by atoms with Crippen molar-refractivity contribution in [3.05, 3.63) is 55.3 Å². The van der Waals surface area contributed by atoms with Gasteiger partial charge in [0.15, 0.2) is 0 Å². The van der Waals surface area contributed by atoms with Gasteiger partial charge in [-0.1, -0.05) is 6.07 Å². The van der Waals surface area contributed by atoms with Gasteiger partial charge in [-0.15, -0.1) is 11.3 Å². The fourth-order valence-corrected chi connectivity index (χ4v) is 4.96. The summed E-state index contributed by atoms with van der Waals surface area (Å²) in [6.45, 7) is 1.68. The zero-order chi connectivity index (χ0) is 19.5. The van der Waals surface area contributed by atoms with Crippen molar-refractivity contribution in [2.24, 2.45) is 5.10 Å². The number of anilines is 1. The minimum absolute atomic E-state index is 0.0723. The van der Waals surface area contributed by atoms with Crippen LogP contribution in [0.4, 0.5) is 11.4 Å². The summed E-state index contributed by atoms with van der Waals surface area (Å²) in [5.41, 5.74) is 5.11. The largest absolute Gasteiger partial charge is 0.366 e. The highest BCUT2D eigenvalue weighted by atomic mass is 32.1. The van der Waals surface area contributed by atoms with E-state index in [2.05, 4.69) is 10.5 Å². The zero-order valence-corrected chi connectivity index (χ0v) is 16.3. The van der Waals surface area contributed by atoms with E-state index in [9.17, 15) is 14.9 Å². The first-order valence-electron chi connectivity index (χ1n) is 9.60. The predicted molar refractivity (Wildman–Crippen MR) is 111 cm³/mol. The van der Waals surface area contributed by atoms with E-state index in [1.165, 1.54) is 46.9 Å².